The van der Waals surface area contributed by atoms with Crippen LogP contribution in [0.5, 0.6) is 0 Å². The summed E-state index contributed by atoms with van der Waals surface area (Å²) in [6, 6.07) is 0.229. The summed E-state index contributed by atoms with van der Waals surface area (Å²) in [5, 5.41) is 0. The van der Waals surface area contributed by atoms with Crippen molar-refractivity contribution in [3.05, 3.63) is 0 Å². The lowest BCUT2D eigenvalue weighted by atomic mass is 9.78. The topological polar surface area (TPSA) is 35.2 Å². The SMILES string of the molecule is COCC(N)C1CCCC1(C)C. The number of hydrogen-bond donors (Lipinski definition) is 1. The second kappa shape index (κ2) is 3.75. The summed E-state index contributed by atoms with van der Waals surface area (Å²) in [5.74, 6) is 0.650. The van der Waals surface area contributed by atoms with Crippen molar-refractivity contribution in [1.29, 1.82) is 0 Å². The lowest BCUT2D eigenvalue weighted by Crippen LogP contribution is -2.39. The molecule has 0 saturated heterocycles. The van der Waals surface area contributed by atoms with Crippen molar-refractivity contribution in [2.75, 3.05) is 13.7 Å². The molecule has 2 heteroatoms. The monoisotopic (exact) mass is 171 g/mol. The molecule has 0 aromatic carbocycles. The minimum atomic E-state index is 0.229. The molecule has 0 bridgehead atoms. The molecule has 1 fully saturated rings. The first kappa shape index (κ1) is 10.0. The van der Waals surface area contributed by atoms with E-state index in [2.05, 4.69) is 13.8 Å². The molecular weight excluding hydrogens is 150 g/mol. The predicted octanol–water partition coefficient (Wildman–Crippen LogP) is 1.79. The van der Waals surface area contributed by atoms with E-state index >= 15 is 0 Å². The summed E-state index contributed by atoms with van der Waals surface area (Å²) in [5.41, 5.74) is 6.47. The molecule has 0 amide bonds. The maximum absolute atomic E-state index is 6.04. The minimum Gasteiger partial charge on any atom is -0.383 e. The molecular formula is C10H21NO. The van der Waals surface area contributed by atoms with E-state index in [1.807, 2.05) is 0 Å². The summed E-state index contributed by atoms with van der Waals surface area (Å²) in [7, 11) is 1.72. The van der Waals surface area contributed by atoms with Crippen molar-refractivity contribution in [3.8, 4) is 0 Å². The molecule has 0 aromatic rings. The van der Waals surface area contributed by atoms with Gasteiger partial charge in [0.15, 0.2) is 0 Å². The standard InChI is InChI=1S/C10H21NO/c1-10(2)6-4-5-8(10)9(11)7-12-3/h8-9H,4-7,11H2,1-3H3. The van der Waals surface area contributed by atoms with Crippen molar-refractivity contribution in [2.45, 2.75) is 39.2 Å². The first-order valence-electron chi connectivity index (χ1n) is 4.82. The van der Waals surface area contributed by atoms with E-state index in [0.717, 1.165) is 0 Å². The van der Waals surface area contributed by atoms with Gasteiger partial charge in [-0.25, -0.2) is 0 Å². The van der Waals surface area contributed by atoms with Crippen LogP contribution in [0.3, 0.4) is 0 Å². The number of ether oxygens (including phenoxy) is 1. The molecule has 2 N–H and O–H groups in total. The summed E-state index contributed by atoms with van der Waals surface area (Å²) < 4.78 is 5.08. The van der Waals surface area contributed by atoms with E-state index in [1.54, 1.807) is 7.11 Å². The molecule has 0 radical (unpaired) electrons. The Hall–Kier alpha value is -0.0800. The van der Waals surface area contributed by atoms with Gasteiger partial charge in [0.2, 0.25) is 0 Å². The highest BCUT2D eigenvalue weighted by atomic mass is 16.5. The van der Waals surface area contributed by atoms with Gasteiger partial charge < -0.3 is 10.5 Å². The number of hydrogen-bond acceptors (Lipinski definition) is 2. The second-order valence-corrected chi connectivity index (χ2v) is 4.61. The van der Waals surface area contributed by atoms with Gasteiger partial charge in [-0.3, -0.25) is 0 Å². The van der Waals surface area contributed by atoms with E-state index in [4.69, 9.17) is 10.5 Å². The van der Waals surface area contributed by atoms with E-state index in [9.17, 15) is 0 Å². The van der Waals surface area contributed by atoms with Crippen LogP contribution >= 0.6 is 0 Å². The highest BCUT2D eigenvalue weighted by molar-refractivity contribution is 4.90. The van der Waals surface area contributed by atoms with Gasteiger partial charge in [0.1, 0.15) is 0 Å². The maximum atomic E-state index is 6.04. The number of nitrogens with two attached hydrogens (primary N) is 1. The highest BCUT2D eigenvalue weighted by Gasteiger charge is 2.37. The Kier molecular flexibility index (Phi) is 3.13. The van der Waals surface area contributed by atoms with Crippen LogP contribution in [-0.4, -0.2) is 19.8 Å². The van der Waals surface area contributed by atoms with Gasteiger partial charge in [-0.05, 0) is 24.2 Å². The van der Waals surface area contributed by atoms with Gasteiger partial charge in [0, 0.05) is 13.2 Å². The van der Waals surface area contributed by atoms with Crippen LogP contribution in [0, 0.1) is 11.3 Å². The van der Waals surface area contributed by atoms with Crippen molar-refractivity contribution in [2.24, 2.45) is 17.1 Å². The Morgan fingerprint density at radius 3 is 2.67 bits per heavy atom. The van der Waals surface area contributed by atoms with Crippen molar-refractivity contribution >= 4 is 0 Å². The Morgan fingerprint density at radius 1 is 1.58 bits per heavy atom. The summed E-state index contributed by atoms with van der Waals surface area (Å²) in [4.78, 5) is 0. The lowest BCUT2D eigenvalue weighted by molar-refractivity contribution is 0.121. The lowest BCUT2D eigenvalue weighted by Gasteiger charge is -2.31. The molecule has 0 heterocycles. The molecule has 0 aromatic heterocycles. The molecule has 2 nitrogen and oxygen atoms in total. The average molecular weight is 171 g/mol. The van der Waals surface area contributed by atoms with Gasteiger partial charge in [-0.2, -0.15) is 0 Å². The first-order chi connectivity index (χ1) is 5.58. The molecule has 0 spiro atoms. The van der Waals surface area contributed by atoms with Crippen LogP contribution in [0.1, 0.15) is 33.1 Å². The third kappa shape index (κ3) is 1.99. The van der Waals surface area contributed by atoms with Crippen LogP contribution in [0.4, 0.5) is 0 Å². The van der Waals surface area contributed by atoms with E-state index in [1.165, 1.54) is 19.3 Å². The van der Waals surface area contributed by atoms with Crippen LogP contribution in [0.25, 0.3) is 0 Å². The van der Waals surface area contributed by atoms with Gasteiger partial charge >= 0.3 is 0 Å². The molecule has 12 heavy (non-hydrogen) atoms. The molecule has 72 valence electrons. The van der Waals surface area contributed by atoms with Crippen LogP contribution in [0.2, 0.25) is 0 Å². The molecule has 1 rings (SSSR count). The molecule has 1 saturated carbocycles. The fourth-order valence-corrected chi connectivity index (χ4v) is 2.46. The molecule has 2 atom stereocenters. The molecule has 2 unspecified atom stereocenters. The molecule has 1 aliphatic rings. The predicted molar refractivity (Wildman–Crippen MR) is 51.0 cm³/mol. The fourth-order valence-electron chi connectivity index (χ4n) is 2.46. The van der Waals surface area contributed by atoms with E-state index in [-0.39, 0.29) is 6.04 Å². The van der Waals surface area contributed by atoms with Gasteiger partial charge in [-0.15, -0.1) is 0 Å². The fraction of sp³-hybridized carbons (Fsp3) is 1.00. The number of methoxy groups -OCH3 is 1. The number of rotatable bonds is 3. The van der Waals surface area contributed by atoms with Gasteiger partial charge in [-0.1, -0.05) is 20.3 Å². The zero-order chi connectivity index (χ0) is 9.19. The van der Waals surface area contributed by atoms with E-state index < -0.39 is 0 Å². The normalized spacial score (nSPS) is 30.5. The third-order valence-electron chi connectivity index (χ3n) is 3.22. The summed E-state index contributed by atoms with van der Waals surface area (Å²) in [6.07, 6.45) is 3.92. The molecule has 1 aliphatic carbocycles. The highest BCUT2D eigenvalue weighted by Crippen LogP contribution is 2.43. The van der Waals surface area contributed by atoms with Crippen LogP contribution < -0.4 is 5.73 Å². The third-order valence-corrected chi connectivity index (χ3v) is 3.22. The van der Waals surface area contributed by atoms with Gasteiger partial charge in [0.05, 0.1) is 6.61 Å². The minimum absolute atomic E-state index is 0.229. The quantitative estimate of drug-likeness (QED) is 0.702. The van der Waals surface area contributed by atoms with Crippen LogP contribution in [-0.2, 0) is 4.74 Å². The Morgan fingerprint density at radius 2 is 2.25 bits per heavy atom. The van der Waals surface area contributed by atoms with Crippen molar-refractivity contribution < 1.29 is 4.74 Å². The van der Waals surface area contributed by atoms with Crippen LogP contribution in [0.15, 0.2) is 0 Å². The first-order valence-corrected chi connectivity index (χ1v) is 4.82. The smallest absolute Gasteiger partial charge is 0.0616 e. The largest absolute Gasteiger partial charge is 0.383 e. The molecule has 0 aliphatic heterocycles. The zero-order valence-corrected chi connectivity index (χ0v) is 8.47. The van der Waals surface area contributed by atoms with Crippen molar-refractivity contribution in [3.63, 3.8) is 0 Å². The maximum Gasteiger partial charge on any atom is 0.0616 e. The zero-order valence-electron chi connectivity index (χ0n) is 8.47. The summed E-state index contributed by atoms with van der Waals surface area (Å²) in [6.45, 7) is 5.34. The Labute approximate surface area is 75.5 Å². The Balaban J connectivity index is 2.50. The Bertz CT molecular complexity index is 145. The van der Waals surface area contributed by atoms with E-state index in [0.29, 0.717) is 17.9 Å². The summed E-state index contributed by atoms with van der Waals surface area (Å²) >= 11 is 0. The average Bonchev–Trinajstić information content (AvgIpc) is 2.30. The second-order valence-electron chi connectivity index (χ2n) is 4.61. The van der Waals surface area contributed by atoms with Gasteiger partial charge in [0.25, 0.3) is 0 Å². The van der Waals surface area contributed by atoms with Crippen molar-refractivity contribution in [1.82, 2.24) is 0 Å².